The van der Waals surface area contributed by atoms with Gasteiger partial charge in [-0.25, -0.2) is 4.79 Å². The lowest BCUT2D eigenvalue weighted by Crippen LogP contribution is -2.14. The van der Waals surface area contributed by atoms with Crippen molar-refractivity contribution >= 4 is 21.9 Å². The Hall–Kier alpha value is -2.39. The molecule has 2 nitrogen and oxygen atoms in total. The topological polar surface area (TPSA) is 26.3 Å². The molecular weight excluding hydrogens is 388 g/mol. The quantitative estimate of drug-likeness (QED) is 0.472. The Kier molecular flexibility index (Phi) is 4.00. The summed E-state index contributed by atoms with van der Waals surface area (Å²) < 4.78 is 6.04. The molecule has 0 aliphatic heterocycles. The fraction of sp³-hybridized carbons (Fsp3) is 0.174. The van der Waals surface area contributed by atoms with Gasteiger partial charge in [0.25, 0.3) is 0 Å². The van der Waals surface area contributed by atoms with Crippen molar-refractivity contribution in [2.45, 2.75) is 19.3 Å². The molecule has 0 unspecified atom stereocenters. The zero-order valence-corrected chi connectivity index (χ0v) is 16.6. The molecule has 0 radical (unpaired) electrons. The molecule has 1 aliphatic carbocycles. The summed E-state index contributed by atoms with van der Waals surface area (Å²) in [6.07, 6.45) is 0. The van der Waals surface area contributed by atoms with Crippen LogP contribution in [0.15, 0.2) is 65.1 Å². The van der Waals surface area contributed by atoms with Crippen LogP contribution in [0.1, 0.15) is 35.3 Å². The van der Waals surface area contributed by atoms with Crippen molar-refractivity contribution in [2.24, 2.45) is 0 Å². The molecule has 1 aliphatic rings. The summed E-state index contributed by atoms with van der Waals surface area (Å²) >= 11 is 3.59. The first-order valence-electron chi connectivity index (χ1n) is 8.56. The van der Waals surface area contributed by atoms with E-state index >= 15 is 0 Å². The Morgan fingerprint density at radius 1 is 0.885 bits per heavy atom. The largest absolute Gasteiger partial charge is 0.465 e. The highest BCUT2D eigenvalue weighted by atomic mass is 79.9. The highest BCUT2D eigenvalue weighted by molar-refractivity contribution is 9.10. The van der Waals surface area contributed by atoms with E-state index in [1.54, 1.807) is 0 Å². The van der Waals surface area contributed by atoms with Crippen LogP contribution in [0.2, 0.25) is 0 Å². The minimum atomic E-state index is -0.314. The van der Waals surface area contributed by atoms with Crippen molar-refractivity contribution in [3.8, 4) is 22.3 Å². The van der Waals surface area contributed by atoms with Crippen molar-refractivity contribution in [3.05, 3.63) is 81.8 Å². The summed E-state index contributed by atoms with van der Waals surface area (Å²) in [6.45, 7) is 4.51. The van der Waals surface area contributed by atoms with Crippen LogP contribution in [0.5, 0.6) is 0 Å². The summed E-state index contributed by atoms with van der Waals surface area (Å²) in [6, 6.07) is 20.5. The van der Waals surface area contributed by atoms with Crippen LogP contribution in [-0.4, -0.2) is 13.1 Å². The van der Waals surface area contributed by atoms with Crippen LogP contribution in [0.3, 0.4) is 0 Å². The number of benzene rings is 3. The standard InChI is InChI=1S/C23H19BrO2/c1-23(2)20-11-8-14(16-6-4-5-7-18(16)22(25)26-3)12-19(20)17-10-9-15(24)13-21(17)23/h4-13H,1-3H3. The third kappa shape index (κ3) is 2.50. The van der Waals surface area contributed by atoms with Gasteiger partial charge in [-0.05, 0) is 57.6 Å². The van der Waals surface area contributed by atoms with Crippen LogP contribution in [0, 0.1) is 0 Å². The summed E-state index contributed by atoms with van der Waals surface area (Å²) in [4.78, 5) is 12.2. The lowest BCUT2D eigenvalue weighted by Gasteiger charge is -2.21. The van der Waals surface area contributed by atoms with Gasteiger partial charge in [0.05, 0.1) is 12.7 Å². The van der Waals surface area contributed by atoms with Crippen molar-refractivity contribution < 1.29 is 9.53 Å². The van der Waals surface area contributed by atoms with Crippen molar-refractivity contribution in [2.75, 3.05) is 7.11 Å². The van der Waals surface area contributed by atoms with Crippen molar-refractivity contribution in [1.29, 1.82) is 0 Å². The van der Waals surface area contributed by atoms with E-state index in [0.29, 0.717) is 5.56 Å². The number of ether oxygens (including phenoxy) is 1. The third-order valence-corrected chi connectivity index (χ3v) is 5.77. The Balaban J connectivity index is 1.93. The molecular formula is C23H19BrO2. The normalized spacial score (nSPS) is 13.8. The summed E-state index contributed by atoms with van der Waals surface area (Å²) in [5.74, 6) is -0.314. The predicted octanol–water partition coefficient (Wildman–Crippen LogP) is 6.21. The molecule has 3 aromatic carbocycles. The van der Waals surface area contributed by atoms with Crippen molar-refractivity contribution in [3.63, 3.8) is 0 Å². The summed E-state index contributed by atoms with van der Waals surface area (Å²) in [7, 11) is 1.42. The maximum absolute atomic E-state index is 12.2. The number of halogens is 1. The molecule has 0 bridgehead atoms. The smallest absolute Gasteiger partial charge is 0.338 e. The number of rotatable bonds is 2. The lowest BCUT2D eigenvalue weighted by molar-refractivity contribution is 0.0601. The minimum Gasteiger partial charge on any atom is -0.465 e. The molecule has 0 amide bonds. The second-order valence-corrected chi connectivity index (χ2v) is 8.03. The van der Waals surface area contributed by atoms with Gasteiger partial charge in [-0.1, -0.05) is 66.2 Å². The van der Waals surface area contributed by atoms with Gasteiger partial charge in [0.1, 0.15) is 0 Å². The van der Waals surface area contributed by atoms with E-state index in [9.17, 15) is 4.79 Å². The Morgan fingerprint density at radius 2 is 1.65 bits per heavy atom. The van der Waals surface area contributed by atoms with Gasteiger partial charge < -0.3 is 4.74 Å². The lowest BCUT2D eigenvalue weighted by atomic mass is 9.82. The van der Waals surface area contributed by atoms with Gasteiger partial charge in [0.15, 0.2) is 0 Å². The van der Waals surface area contributed by atoms with E-state index < -0.39 is 0 Å². The minimum absolute atomic E-state index is 0.0468. The molecule has 3 heteroatoms. The number of fused-ring (bicyclic) bond motifs is 3. The molecule has 0 heterocycles. The molecule has 0 fully saturated rings. The maximum Gasteiger partial charge on any atom is 0.338 e. The second kappa shape index (κ2) is 6.10. The number of esters is 1. The van der Waals surface area contributed by atoms with Crippen molar-refractivity contribution in [1.82, 2.24) is 0 Å². The first-order chi connectivity index (χ1) is 12.4. The van der Waals surface area contributed by atoms with Gasteiger partial charge in [-0.15, -0.1) is 0 Å². The van der Waals surface area contributed by atoms with Gasteiger partial charge in [-0.3, -0.25) is 0 Å². The average molecular weight is 407 g/mol. The van der Waals surface area contributed by atoms with Gasteiger partial charge in [-0.2, -0.15) is 0 Å². The molecule has 130 valence electrons. The molecule has 0 aromatic heterocycles. The van der Waals surface area contributed by atoms with E-state index in [1.807, 2.05) is 24.3 Å². The van der Waals surface area contributed by atoms with Gasteiger partial charge in [0, 0.05) is 9.89 Å². The van der Waals surface area contributed by atoms with Crippen LogP contribution in [-0.2, 0) is 10.2 Å². The Bertz CT molecular complexity index is 1030. The predicted molar refractivity (Wildman–Crippen MR) is 108 cm³/mol. The molecule has 0 atom stereocenters. The molecule has 4 rings (SSSR count). The van der Waals surface area contributed by atoms with Crippen LogP contribution in [0.4, 0.5) is 0 Å². The molecule has 26 heavy (non-hydrogen) atoms. The second-order valence-electron chi connectivity index (χ2n) is 7.11. The Labute approximate surface area is 162 Å². The van der Waals surface area contributed by atoms with E-state index in [4.69, 9.17) is 4.74 Å². The van der Waals surface area contributed by atoms with E-state index in [1.165, 1.54) is 29.4 Å². The Morgan fingerprint density at radius 3 is 2.42 bits per heavy atom. The summed E-state index contributed by atoms with van der Waals surface area (Å²) in [5.41, 5.74) is 7.57. The number of methoxy groups -OCH3 is 1. The number of carbonyl (C=O) groups excluding carboxylic acids is 1. The fourth-order valence-corrected chi connectivity index (χ4v) is 4.28. The van der Waals surface area contributed by atoms with Crippen LogP contribution >= 0.6 is 15.9 Å². The SMILES string of the molecule is COC(=O)c1ccccc1-c1ccc2c(c1)-c1ccc(Br)cc1C2(C)C. The fourth-order valence-electron chi connectivity index (χ4n) is 3.92. The first kappa shape index (κ1) is 17.0. The van der Waals surface area contributed by atoms with Crippen LogP contribution in [0.25, 0.3) is 22.3 Å². The number of carbonyl (C=O) groups is 1. The maximum atomic E-state index is 12.2. The zero-order valence-electron chi connectivity index (χ0n) is 15.0. The van der Waals surface area contributed by atoms with Gasteiger partial charge in [0.2, 0.25) is 0 Å². The molecule has 0 N–H and O–H groups in total. The first-order valence-corrected chi connectivity index (χ1v) is 9.35. The third-order valence-electron chi connectivity index (χ3n) is 5.28. The zero-order chi connectivity index (χ0) is 18.5. The number of hydrogen-bond acceptors (Lipinski definition) is 2. The van der Waals surface area contributed by atoms with Gasteiger partial charge >= 0.3 is 5.97 Å². The van der Waals surface area contributed by atoms with E-state index in [0.717, 1.165) is 15.6 Å². The average Bonchev–Trinajstić information content (AvgIpc) is 2.88. The monoisotopic (exact) mass is 406 g/mol. The van der Waals surface area contributed by atoms with E-state index in [-0.39, 0.29) is 11.4 Å². The molecule has 0 saturated heterocycles. The van der Waals surface area contributed by atoms with E-state index in [2.05, 4.69) is 66.2 Å². The summed E-state index contributed by atoms with van der Waals surface area (Å²) in [5, 5.41) is 0. The highest BCUT2D eigenvalue weighted by Gasteiger charge is 2.35. The van der Waals surface area contributed by atoms with Crippen LogP contribution < -0.4 is 0 Å². The number of hydrogen-bond donors (Lipinski definition) is 0. The highest BCUT2D eigenvalue weighted by Crippen LogP contribution is 2.50. The molecule has 0 saturated carbocycles. The molecule has 0 spiro atoms. The molecule has 3 aromatic rings.